The number of hydrogen-bond donors (Lipinski definition) is 0. The summed E-state index contributed by atoms with van der Waals surface area (Å²) < 4.78 is 29.5. The van der Waals surface area contributed by atoms with Gasteiger partial charge in [-0.15, -0.1) is 87.4 Å². The molecule has 11 aromatic rings. The van der Waals surface area contributed by atoms with E-state index in [1.807, 2.05) is 121 Å². The molecular weight excluding hydrogens is 1700 g/mol. The number of ether oxygens (including phenoxy) is 4. The Kier molecular flexibility index (Phi) is 28.4. The molecule has 0 spiro atoms. The second-order valence-electron chi connectivity index (χ2n) is 40.1. The molecule has 8 fully saturated rings. The van der Waals surface area contributed by atoms with E-state index >= 15 is 0 Å². The Morgan fingerprint density at radius 3 is 0.652 bits per heavy atom. The van der Waals surface area contributed by atoms with Crippen LogP contribution in [0.5, 0.6) is 46.0 Å². The molecule has 10 aliphatic heterocycles. The molecule has 13 heterocycles. The van der Waals surface area contributed by atoms with Gasteiger partial charge in [-0.05, 0) is 179 Å². The van der Waals surface area contributed by atoms with Gasteiger partial charge in [0.05, 0.1) is 145 Å². The van der Waals surface area contributed by atoms with Crippen molar-refractivity contribution in [2.24, 2.45) is 0 Å². The molecule has 16 unspecified atom stereocenters. The minimum absolute atomic E-state index is 0. The molecule has 0 saturated carbocycles. The maximum atomic E-state index is 7.37. The van der Waals surface area contributed by atoms with E-state index in [0.717, 1.165) is 44.5 Å². The Morgan fingerprint density at radius 2 is 0.447 bits per heavy atom. The van der Waals surface area contributed by atoms with Gasteiger partial charge in [-0.3, -0.25) is 0 Å². The summed E-state index contributed by atoms with van der Waals surface area (Å²) in [6, 6.07) is 46.3. The van der Waals surface area contributed by atoms with Crippen LogP contribution < -0.4 is 28.9 Å². The number of aromatic nitrogens is 8. The summed E-state index contributed by atoms with van der Waals surface area (Å²) >= 11 is 0. The zero-order valence-electron chi connectivity index (χ0n) is 77.8. The van der Waals surface area contributed by atoms with E-state index in [4.69, 9.17) is 245 Å². The third-order valence-electron chi connectivity index (χ3n) is 33.0. The summed E-state index contributed by atoms with van der Waals surface area (Å²) in [5.41, 5.74) is 7.39. The fourth-order valence-electron chi connectivity index (χ4n) is 24.1. The van der Waals surface area contributed by atoms with E-state index in [1.54, 1.807) is 115 Å². The van der Waals surface area contributed by atoms with Crippen molar-refractivity contribution in [1.82, 2.24) is 39.9 Å². The summed E-state index contributed by atoms with van der Waals surface area (Å²) in [5, 5.41) is -3.62. The molecule has 64 radical (unpaired) electrons. The molecule has 61 heteroatoms. The number of hydrogen-bond acceptors (Lipinski definition) is 10. The maximum Gasteiger partial charge on any atom is 2.00 e. The first-order valence-corrected chi connectivity index (χ1v) is 47.0. The van der Waals surface area contributed by atoms with Crippen molar-refractivity contribution in [3.8, 4) is 91.5 Å². The smallest absolute Gasteiger partial charge is 0.457 e. The number of benzene rings is 8. The Hall–Kier alpha value is -5.94. The molecule has 3 aromatic heterocycles. The van der Waals surface area contributed by atoms with Gasteiger partial charge in [0.25, 0.3) is 0 Å². The topological polar surface area (TPSA) is 142 Å². The van der Waals surface area contributed by atoms with Crippen LogP contribution in [-0.4, -0.2) is 383 Å². The van der Waals surface area contributed by atoms with Crippen molar-refractivity contribution in [1.29, 1.82) is 0 Å². The Labute approximate surface area is 888 Å². The molecule has 0 amide bonds. The van der Waals surface area contributed by atoms with Crippen LogP contribution in [0.15, 0.2) is 146 Å². The number of fused-ring (bicyclic) bond motifs is 20. The van der Waals surface area contributed by atoms with Crippen molar-refractivity contribution < 1.29 is 38.4 Å². The van der Waals surface area contributed by atoms with Crippen molar-refractivity contribution in [2.75, 3.05) is 0 Å². The van der Waals surface area contributed by atoms with E-state index in [1.165, 1.54) is 0 Å². The van der Waals surface area contributed by atoms with Gasteiger partial charge in [0.2, 0.25) is 0 Å². The van der Waals surface area contributed by atoms with Gasteiger partial charge in [-0.25, -0.2) is 9.97 Å². The Bertz CT molecular complexity index is 6330. The molecular formula is C80H48B48N8O4Zn. The predicted octanol–water partition coefficient (Wildman–Crippen LogP) is -0.169. The molecule has 578 valence electrons. The summed E-state index contributed by atoms with van der Waals surface area (Å²) in [7, 11) is 183. The molecule has 12 nitrogen and oxygen atoms in total. The molecule has 21 rings (SSSR count). The van der Waals surface area contributed by atoms with E-state index < -0.39 is 41.7 Å². The van der Waals surface area contributed by atoms with Crippen LogP contribution in [0.4, 0.5) is 0 Å². The van der Waals surface area contributed by atoms with Crippen LogP contribution in [0, 0.1) is 0 Å². The number of nitrogens with zero attached hydrogens (tertiary/aromatic N) is 8. The normalized spacial score (nSPS) is 27.1. The van der Waals surface area contributed by atoms with Gasteiger partial charge in [0.1, 0.15) is 46.0 Å². The standard InChI is InChI=1S/C80H48B48N8O4.Zn/c81-105-65-73(113-89,121(65)97)25-33-13-34(26-74(114-90)66(106-82)122(74)98)18-41(17-33)137-49-9-1-5-45-53(49)61-129-57(45)133-62-54-46(6-2-10-50(54)138-42-19-35(27-75(115-91)67(107-83)123(75)99)14-36(20-42)28-76(116-92)68(108-84)124(76)100)59(130-62)135-64-56-48(8-4-12-52(56)140-44-23-39(31-79(119-95)71(111-87)127(79)103)16-40(24-44)32-80(120-96)72(112-88)128(80)104)60(132-64)136-63-55-47(58(131-63)134-61)7-3-11-51(55)139-43-21-37(29-77(117-93)69(109-85)125(77)101)15-38(22-43)30-78(118-94)70(110-86)126(78)102;/h1-24,65-72H,25-32H2;/q-2;+2/i105-1,106-1,107-1,108-1,109-1,110-1,111-1,112-1,113-1,114-1,115-1,116-1,117-1,118-1,119-1,120-1,121-1,122-1,123-1,124-1,125-1,126-1,127-1,128-1;. The van der Waals surface area contributed by atoms with Gasteiger partial charge >= 0.3 is 19.5 Å². The second-order valence-corrected chi connectivity index (χ2v) is 40.1. The zero-order valence-corrected chi connectivity index (χ0v) is 80.7. The average molecular weight is 1750 g/mol. The first kappa shape index (κ1) is 102. The second kappa shape index (κ2) is 39.2. The summed E-state index contributed by atoms with van der Waals surface area (Å²) in [5.74, 6) is 3.52. The first-order valence-electron chi connectivity index (χ1n) is 47.0. The Balaban J connectivity index is 0.0000122. The molecule has 0 N–H and O–H groups in total. The minimum atomic E-state index is -0.675. The summed E-state index contributed by atoms with van der Waals surface area (Å²) in [6.45, 7) is -2.87. The van der Waals surface area contributed by atoms with Crippen molar-refractivity contribution in [2.45, 2.75) is 139 Å². The van der Waals surface area contributed by atoms with Crippen molar-refractivity contribution >= 4 is 397 Å². The first-order chi connectivity index (χ1) is 67.6. The molecule has 141 heavy (non-hydrogen) atoms. The van der Waals surface area contributed by atoms with E-state index in [-0.39, 0.29) is 164 Å². The maximum absolute atomic E-state index is 7.37. The molecule has 10 aliphatic rings. The quantitative estimate of drug-likeness (QED) is 0.0472. The fraction of sp³-hybridized carbons (Fsp3) is 0.300. The van der Waals surface area contributed by atoms with Gasteiger partial charge in [0.15, 0.2) is 0 Å². The molecule has 8 bridgehead atoms. The monoisotopic (exact) mass is 1750 g/mol. The van der Waals surface area contributed by atoms with Crippen LogP contribution in [0.25, 0.3) is 89.7 Å². The van der Waals surface area contributed by atoms with Crippen LogP contribution >= 0.6 is 0 Å². The van der Waals surface area contributed by atoms with E-state index in [2.05, 4.69) is 24.3 Å². The van der Waals surface area contributed by atoms with Gasteiger partial charge < -0.3 is 48.9 Å². The van der Waals surface area contributed by atoms with Crippen LogP contribution in [0.1, 0.15) is 44.5 Å². The molecule has 8 aromatic carbocycles. The third-order valence-corrected chi connectivity index (χ3v) is 33.0. The number of rotatable bonds is 40. The van der Waals surface area contributed by atoms with Crippen LogP contribution in [-0.2, 0) is 70.8 Å². The SMILES string of the molecule is [B][10B]C1[10B]([B])C1([10B][B])Cc1cc(CC2([10B][B])[10B]([B])C2[10B][B])cc(Oc2cccc3c2-c2nc-3nc3[n-]c(nc4nc(nc5[n-]c(n2)c2cccc(Oc6cc(CC7([10B][B])[10B]([B])C7[10B][B])cc(CC7([10B][B])[10B]([B])C7[10B][B])c6)c52)-c2cccc(Oc5cc(CC6([10B][B])[10B]([B])C6[10B][B])cc(CC6([10B][B])[10B]([B])C6[10B][B])c5)c2-4)c2cccc(Oc4cc(CC5([10B][B])[10B]([B])C5[10B][B])cc(CC5([10B][B])[10B]([B])C5[10B][B])c4)c32)c1.[Zn+2]. The largest absolute Gasteiger partial charge is 2.00 e. The van der Waals surface area contributed by atoms with E-state index in [9.17, 15) is 0 Å². The van der Waals surface area contributed by atoms with Crippen LogP contribution in [0.2, 0.25) is 87.4 Å². The van der Waals surface area contributed by atoms with Crippen molar-refractivity contribution in [3.63, 3.8) is 0 Å². The predicted molar refractivity (Wildman–Crippen MR) is 617 cm³/mol. The van der Waals surface area contributed by atoms with Crippen molar-refractivity contribution in [3.05, 3.63) is 190 Å². The van der Waals surface area contributed by atoms with Gasteiger partial charge in [-0.2, -0.15) is 0 Å². The molecule has 16 atom stereocenters. The Morgan fingerprint density at radius 1 is 0.248 bits per heavy atom. The average Bonchev–Trinajstić information content (AvgIpc) is 1.57. The fourth-order valence-corrected chi connectivity index (χ4v) is 24.1. The third kappa shape index (κ3) is 17.1. The zero-order chi connectivity index (χ0) is 98.1. The van der Waals surface area contributed by atoms with Gasteiger partial charge in [-0.1, -0.05) is 72.8 Å². The summed E-state index contributed by atoms with van der Waals surface area (Å²) in [6.07, 6.45) is 3.19. The molecule has 0 aliphatic carbocycles. The minimum Gasteiger partial charge on any atom is -0.457 e. The molecule has 8 saturated heterocycles. The van der Waals surface area contributed by atoms with Gasteiger partial charge in [0, 0.05) is 288 Å². The van der Waals surface area contributed by atoms with Crippen LogP contribution in [0.3, 0.4) is 0 Å². The van der Waals surface area contributed by atoms with E-state index in [0.29, 0.717) is 141 Å². The summed E-state index contributed by atoms with van der Waals surface area (Å²) in [4.78, 5) is 44.4.